The summed E-state index contributed by atoms with van der Waals surface area (Å²) in [6.45, 7) is 9.62. The van der Waals surface area contributed by atoms with Gasteiger partial charge in [0.1, 0.15) is 5.76 Å². The molecule has 140 valence electrons. The topological polar surface area (TPSA) is 65.7 Å². The molecule has 0 spiro atoms. The minimum Gasteiger partial charge on any atom is -0.444 e. The molecule has 2 aromatic rings. The Kier molecular flexibility index (Phi) is 5.93. The quantitative estimate of drug-likeness (QED) is 0.637. The molecule has 2 N–H and O–H groups in total. The highest BCUT2D eigenvalue weighted by atomic mass is 16.4. The summed E-state index contributed by atoms with van der Waals surface area (Å²) in [5.41, 5.74) is 3.87. The van der Waals surface area contributed by atoms with Crippen LogP contribution in [0, 0.1) is 13.8 Å². The second-order valence-electron chi connectivity index (χ2n) is 6.89. The monoisotopic (exact) mass is 355 g/mol. The van der Waals surface area contributed by atoms with Gasteiger partial charge in [-0.3, -0.25) is 9.89 Å². The van der Waals surface area contributed by atoms with Gasteiger partial charge in [0, 0.05) is 32.7 Å². The number of aryl methyl sites for hydroxylation is 2. The molecule has 1 aliphatic rings. The first kappa shape index (κ1) is 18.5. The van der Waals surface area contributed by atoms with Crippen molar-refractivity contribution in [3.63, 3.8) is 0 Å². The Balaban J connectivity index is 1.47. The fourth-order valence-electron chi connectivity index (χ4n) is 3.26. The van der Waals surface area contributed by atoms with Crippen molar-refractivity contribution >= 4 is 5.96 Å². The van der Waals surface area contributed by atoms with Crippen LogP contribution in [0.15, 0.2) is 33.7 Å². The molecule has 1 aliphatic heterocycles. The van der Waals surface area contributed by atoms with E-state index in [1.807, 2.05) is 13.8 Å². The van der Waals surface area contributed by atoms with Crippen LogP contribution in [-0.4, -0.2) is 42.0 Å². The molecule has 0 radical (unpaired) electrons. The molecule has 0 saturated heterocycles. The number of fused-ring (bicyclic) bond motifs is 1. The summed E-state index contributed by atoms with van der Waals surface area (Å²) in [7, 11) is 1.78. The molecular formula is C20H29N5O. The van der Waals surface area contributed by atoms with Crippen molar-refractivity contribution in [3.8, 4) is 0 Å². The van der Waals surface area contributed by atoms with Crippen molar-refractivity contribution in [2.24, 2.45) is 4.99 Å². The Hall–Kier alpha value is -2.34. The molecule has 1 unspecified atom stereocenters. The Morgan fingerprint density at radius 1 is 1.27 bits per heavy atom. The zero-order chi connectivity index (χ0) is 18.5. The summed E-state index contributed by atoms with van der Waals surface area (Å²) in [5, 5.41) is 6.67. The number of aromatic nitrogens is 1. The minimum absolute atomic E-state index is 0.424. The van der Waals surface area contributed by atoms with Crippen LogP contribution in [0.1, 0.15) is 35.4 Å². The zero-order valence-corrected chi connectivity index (χ0v) is 16.2. The summed E-state index contributed by atoms with van der Waals surface area (Å²) >= 11 is 0. The SMILES string of the molecule is CN=C(NCc1nc(C)c(C)o1)NCC(C)N1CCc2ccccc2C1. The normalized spacial score (nSPS) is 16.2. The van der Waals surface area contributed by atoms with E-state index in [0.717, 1.165) is 43.5 Å². The van der Waals surface area contributed by atoms with Crippen LogP contribution >= 0.6 is 0 Å². The second-order valence-corrected chi connectivity index (χ2v) is 6.89. The van der Waals surface area contributed by atoms with Crippen molar-refractivity contribution in [2.45, 2.75) is 46.3 Å². The lowest BCUT2D eigenvalue weighted by Crippen LogP contribution is -2.47. The number of hydrogen-bond donors (Lipinski definition) is 2. The van der Waals surface area contributed by atoms with Crippen molar-refractivity contribution in [2.75, 3.05) is 20.1 Å². The second kappa shape index (κ2) is 8.36. The van der Waals surface area contributed by atoms with E-state index in [9.17, 15) is 0 Å². The Morgan fingerprint density at radius 3 is 2.73 bits per heavy atom. The highest BCUT2D eigenvalue weighted by molar-refractivity contribution is 5.79. The lowest BCUT2D eigenvalue weighted by Gasteiger charge is -2.34. The molecule has 1 atom stereocenters. The summed E-state index contributed by atoms with van der Waals surface area (Å²) < 4.78 is 5.60. The molecule has 1 aromatic carbocycles. The van der Waals surface area contributed by atoms with Crippen molar-refractivity contribution < 1.29 is 4.42 Å². The molecule has 0 fully saturated rings. The summed E-state index contributed by atoms with van der Waals surface area (Å²) in [4.78, 5) is 11.2. The van der Waals surface area contributed by atoms with Gasteiger partial charge in [-0.2, -0.15) is 0 Å². The number of nitrogens with one attached hydrogen (secondary N) is 2. The third-order valence-electron chi connectivity index (χ3n) is 5.05. The van der Waals surface area contributed by atoms with Crippen LogP contribution in [0.5, 0.6) is 0 Å². The molecule has 26 heavy (non-hydrogen) atoms. The maximum Gasteiger partial charge on any atom is 0.214 e. The Morgan fingerprint density at radius 2 is 2.04 bits per heavy atom. The van der Waals surface area contributed by atoms with Crippen LogP contribution in [0.3, 0.4) is 0 Å². The van der Waals surface area contributed by atoms with Crippen LogP contribution < -0.4 is 10.6 Å². The van der Waals surface area contributed by atoms with Gasteiger partial charge in [0.05, 0.1) is 12.2 Å². The van der Waals surface area contributed by atoms with Gasteiger partial charge in [-0.15, -0.1) is 0 Å². The predicted molar refractivity (Wildman–Crippen MR) is 104 cm³/mol. The van der Waals surface area contributed by atoms with Gasteiger partial charge in [-0.1, -0.05) is 24.3 Å². The number of rotatable bonds is 5. The molecule has 0 saturated carbocycles. The molecule has 3 rings (SSSR count). The molecular weight excluding hydrogens is 326 g/mol. The van der Waals surface area contributed by atoms with Crippen LogP contribution in [0.2, 0.25) is 0 Å². The minimum atomic E-state index is 0.424. The van der Waals surface area contributed by atoms with Gasteiger partial charge in [-0.05, 0) is 38.3 Å². The van der Waals surface area contributed by atoms with Crippen molar-refractivity contribution in [1.82, 2.24) is 20.5 Å². The first-order valence-electron chi connectivity index (χ1n) is 9.25. The van der Waals surface area contributed by atoms with E-state index in [-0.39, 0.29) is 0 Å². The molecule has 0 bridgehead atoms. The number of guanidine groups is 1. The standard InChI is InChI=1S/C20H29N5O/c1-14(25-10-9-17-7-5-6-8-18(17)13-25)11-22-20(21-4)23-12-19-24-15(2)16(3)26-19/h5-8,14H,9-13H2,1-4H3,(H2,21,22,23). The number of nitrogens with zero attached hydrogens (tertiary/aromatic N) is 3. The van der Waals surface area contributed by atoms with Gasteiger partial charge in [0.15, 0.2) is 5.96 Å². The molecule has 1 aromatic heterocycles. The first-order chi connectivity index (χ1) is 12.6. The van der Waals surface area contributed by atoms with Crippen LogP contribution in [-0.2, 0) is 19.5 Å². The number of benzene rings is 1. The van der Waals surface area contributed by atoms with E-state index in [0.29, 0.717) is 18.5 Å². The van der Waals surface area contributed by atoms with E-state index in [2.05, 4.69) is 56.7 Å². The van der Waals surface area contributed by atoms with Gasteiger partial charge in [0.2, 0.25) is 5.89 Å². The third-order valence-corrected chi connectivity index (χ3v) is 5.05. The maximum absolute atomic E-state index is 5.60. The summed E-state index contributed by atoms with van der Waals surface area (Å²) in [6.07, 6.45) is 1.12. The average Bonchev–Trinajstić information content (AvgIpc) is 2.99. The van der Waals surface area contributed by atoms with Crippen molar-refractivity contribution in [1.29, 1.82) is 0 Å². The van der Waals surface area contributed by atoms with Gasteiger partial charge < -0.3 is 15.1 Å². The first-order valence-corrected chi connectivity index (χ1v) is 9.25. The molecule has 6 nitrogen and oxygen atoms in total. The highest BCUT2D eigenvalue weighted by Crippen LogP contribution is 2.19. The van der Waals surface area contributed by atoms with Crippen LogP contribution in [0.25, 0.3) is 0 Å². The van der Waals surface area contributed by atoms with E-state index in [1.54, 1.807) is 7.05 Å². The van der Waals surface area contributed by atoms with Gasteiger partial charge >= 0.3 is 0 Å². The molecule has 6 heteroatoms. The van der Waals surface area contributed by atoms with E-state index < -0.39 is 0 Å². The maximum atomic E-state index is 5.60. The lowest BCUT2D eigenvalue weighted by atomic mass is 9.99. The molecule has 0 aliphatic carbocycles. The number of oxazole rings is 1. The average molecular weight is 355 g/mol. The third kappa shape index (κ3) is 4.43. The van der Waals surface area contributed by atoms with Gasteiger partial charge in [0.25, 0.3) is 0 Å². The van der Waals surface area contributed by atoms with Gasteiger partial charge in [-0.25, -0.2) is 4.98 Å². The van der Waals surface area contributed by atoms with E-state index in [1.165, 1.54) is 11.1 Å². The van der Waals surface area contributed by atoms with E-state index >= 15 is 0 Å². The Labute approximate surface area is 155 Å². The fraction of sp³-hybridized carbons (Fsp3) is 0.500. The number of hydrogen-bond acceptors (Lipinski definition) is 4. The largest absolute Gasteiger partial charge is 0.444 e. The Bertz CT molecular complexity index is 748. The lowest BCUT2D eigenvalue weighted by molar-refractivity contribution is 0.191. The fourth-order valence-corrected chi connectivity index (χ4v) is 3.26. The highest BCUT2D eigenvalue weighted by Gasteiger charge is 2.20. The summed E-state index contributed by atoms with van der Waals surface area (Å²) in [5.74, 6) is 2.31. The summed E-state index contributed by atoms with van der Waals surface area (Å²) in [6, 6.07) is 9.17. The molecule has 0 amide bonds. The van der Waals surface area contributed by atoms with Crippen molar-refractivity contribution in [3.05, 3.63) is 52.7 Å². The van der Waals surface area contributed by atoms with E-state index in [4.69, 9.17) is 4.42 Å². The predicted octanol–water partition coefficient (Wildman–Crippen LogP) is 2.40. The number of aliphatic imine (C=N–C) groups is 1. The molecule has 2 heterocycles. The zero-order valence-electron chi connectivity index (χ0n) is 16.2. The smallest absolute Gasteiger partial charge is 0.214 e. The van der Waals surface area contributed by atoms with Crippen LogP contribution in [0.4, 0.5) is 0 Å².